The van der Waals surface area contributed by atoms with E-state index in [4.69, 9.17) is 9.15 Å². The van der Waals surface area contributed by atoms with Gasteiger partial charge < -0.3 is 19.0 Å². The molecule has 4 aromatic rings. The summed E-state index contributed by atoms with van der Waals surface area (Å²) in [6.45, 7) is 4.30. The van der Waals surface area contributed by atoms with Crippen molar-refractivity contribution in [3.05, 3.63) is 94.3 Å². The zero-order valence-electron chi connectivity index (χ0n) is 20.3. The number of nitrogens with one attached hydrogen (secondary N) is 1. The van der Waals surface area contributed by atoms with Crippen LogP contribution in [0.5, 0.6) is 5.75 Å². The summed E-state index contributed by atoms with van der Waals surface area (Å²) in [5.74, 6) is 1.24. The van der Waals surface area contributed by atoms with E-state index in [-0.39, 0.29) is 23.3 Å². The lowest BCUT2D eigenvalue weighted by atomic mass is 10.1. The molecule has 0 aliphatic carbocycles. The molecule has 186 valence electrons. The van der Waals surface area contributed by atoms with Gasteiger partial charge in [-0.1, -0.05) is 0 Å². The highest BCUT2D eigenvalue weighted by Gasteiger charge is 2.27. The second kappa shape index (κ2) is 10.2. The fourth-order valence-electron chi connectivity index (χ4n) is 4.62. The van der Waals surface area contributed by atoms with Crippen molar-refractivity contribution in [2.75, 3.05) is 20.2 Å². The van der Waals surface area contributed by atoms with Gasteiger partial charge in [-0.25, -0.2) is 9.97 Å². The van der Waals surface area contributed by atoms with E-state index in [1.54, 1.807) is 35.4 Å². The molecule has 10 heteroatoms. The van der Waals surface area contributed by atoms with Gasteiger partial charge in [0.25, 0.3) is 11.5 Å². The number of furan rings is 1. The molecule has 0 aromatic carbocycles. The summed E-state index contributed by atoms with van der Waals surface area (Å²) in [6, 6.07) is 10.4. The van der Waals surface area contributed by atoms with Crippen LogP contribution in [0, 0.1) is 0 Å². The number of hydrogen-bond donors (Lipinski definition) is 1. The number of rotatable bonds is 7. The van der Waals surface area contributed by atoms with Crippen molar-refractivity contribution in [2.45, 2.75) is 32.5 Å². The molecule has 1 aliphatic heterocycles. The van der Waals surface area contributed by atoms with Gasteiger partial charge in [-0.05, 0) is 37.3 Å². The number of carbonyl (C=O) groups is 1. The molecule has 1 unspecified atom stereocenters. The maximum atomic E-state index is 13.4. The Kier molecular flexibility index (Phi) is 6.68. The molecule has 5 heterocycles. The Hall–Kier alpha value is -4.18. The third-order valence-corrected chi connectivity index (χ3v) is 6.44. The van der Waals surface area contributed by atoms with Crippen LogP contribution in [0.2, 0.25) is 0 Å². The zero-order valence-corrected chi connectivity index (χ0v) is 20.3. The number of nitrogens with zero attached hydrogens (tertiary/aromatic N) is 5. The first kappa shape index (κ1) is 23.6. The second-order valence-electron chi connectivity index (χ2n) is 8.68. The van der Waals surface area contributed by atoms with Crippen molar-refractivity contribution in [2.24, 2.45) is 0 Å². The van der Waals surface area contributed by atoms with Gasteiger partial charge in [0, 0.05) is 68.6 Å². The van der Waals surface area contributed by atoms with E-state index in [9.17, 15) is 9.59 Å². The number of aromatic nitrogens is 4. The molecule has 4 aromatic heterocycles. The molecule has 36 heavy (non-hydrogen) atoms. The molecule has 5 rings (SSSR count). The third-order valence-electron chi connectivity index (χ3n) is 6.44. The van der Waals surface area contributed by atoms with Crippen molar-refractivity contribution in [3.8, 4) is 11.7 Å². The topological polar surface area (TPSA) is 107 Å². The monoisotopic (exact) mass is 488 g/mol. The first-order valence-electron chi connectivity index (χ1n) is 11.9. The quantitative estimate of drug-likeness (QED) is 0.426. The predicted molar refractivity (Wildman–Crippen MR) is 132 cm³/mol. The molecule has 0 spiro atoms. The van der Waals surface area contributed by atoms with Crippen molar-refractivity contribution < 1.29 is 13.9 Å². The highest BCUT2D eigenvalue weighted by Crippen LogP contribution is 2.25. The minimum atomic E-state index is -0.333. The van der Waals surface area contributed by atoms with Crippen molar-refractivity contribution in [3.63, 3.8) is 0 Å². The number of methoxy groups -OCH3 is 1. The Morgan fingerprint density at radius 1 is 1.17 bits per heavy atom. The van der Waals surface area contributed by atoms with Gasteiger partial charge in [-0.3, -0.25) is 19.1 Å². The molecular weight excluding hydrogens is 460 g/mol. The van der Waals surface area contributed by atoms with Crippen molar-refractivity contribution in [1.29, 1.82) is 0 Å². The highest BCUT2D eigenvalue weighted by molar-refractivity contribution is 5.98. The van der Waals surface area contributed by atoms with Gasteiger partial charge in [-0.2, -0.15) is 0 Å². The maximum Gasteiger partial charge on any atom is 0.257 e. The molecule has 0 radical (unpaired) electrons. The molecule has 0 bridgehead atoms. The second-order valence-corrected chi connectivity index (χ2v) is 8.68. The van der Waals surface area contributed by atoms with Crippen LogP contribution in [-0.2, 0) is 19.5 Å². The van der Waals surface area contributed by atoms with E-state index >= 15 is 0 Å². The molecule has 1 amide bonds. The normalized spacial score (nSPS) is 14.6. The number of carbonyl (C=O) groups excluding carboxylic acids is 1. The van der Waals surface area contributed by atoms with Crippen LogP contribution in [0.3, 0.4) is 0 Å². The molecule has 1 N–H and O–H groups in total. The number of pyridine rings is 1. The predicted octanol–water partition coefficient (Wildman–Crippen LogP) is 2.58. The Bertz CT molecular complexity index is 1390. The Morgan fingerprint density at radius 3 is 2.75 bits per heavy atom. The molecule has 10 nitrogen and oxygen atoms in total. The first-order chi connectivity index (χ1) is 17.5. The molecule has 0 fully saturated rings. The van der Waals surface area contributed by atoms with Crippen LogP contribution in [0.25, 0.3) is 5.95 Å². The van der Waals surface area contributed by atoms with E-state index in [0.29, 0.717) is 55.6 Å². The Balaban J connectivity index is 1.39. The van der Waals surface area contributed by atoms with Crippen LogP contribution < -0.4 is 15.6 Å². The number of ether oxygens (including phenoxy) is 1. The minimum Gasteiger partial charge on any atom is -0.496 e. The van der Waals surface area contributed by atoms with E-state index < -0.39 is 0 Å². The Labute approximate surface area is 208 Å². The van der Waals surface area contributed by atoms with Crippen LogP contribution in [0.1, 0.15) is 40.5 Å². The molecule has 0 saturated carbocycles. The lowest BCUT2D eigenvalue weighted by Crippen LogP contribution is -2.32. The summed E-state index contributed by atoms with van der Waals surface area (Å²) in [6.07, 6.45) is 7.46. The van der Waals surface area contributed by atoms with E-state index in [2.05, 4.69) is 20.2 Å². The minimum absolute atomic E-state index is 0.180. The summed E-state index contributed by atoms with van der Waals surface area (Å²) in [4.78, 5) is 37.3. The highest BCUT2D eigenvalue weighted by atomic mass is 16.5. The van der Waals surface area contributed by atoms with Gasteiger partial charge in [0.1, 0.15) is 17.1 Å². The van der Waals surface area contributed by atoms with Gasteiger partial charge in [-0.15, -0.1) is 0 Å². The summed E-state index contributed by atoms with van der Waals surface area (Å²) in [5, 5.41) is 2.98. The smallest absolute Gasteiger partial charge is 0.257 e. The molecular formula is C26H28N6O4. The van der Waals surface area contributed by atoms with Crippen LogP contribution in [0.4, 0.5) is 0 Å². The average Bonchev–Trinajstić information content (AvgIpc) is 3.55. The third kappa shape index (κ3) is 4.67. The fraction of sp³-hybridized carbons (Fsp3) is 0.308. The van der Waals surface area contributed by atoms with Gasteiger partial charge in [0.2, 0.25) is 5.95 Å². The summed E-state index contributed by atoms with van der Waals surface area (Å²) < 4.78 is 14.6. The first-order valence-corrected chi connectivity index (χ1v) is 11.9. The number of fused-ring (bicyclic) bond motifs is 1. The summed E-state index contributed by atoms with van der Waals surface area (Å²) in [7, 11) is 1.47. The van der Waals surface area contributed by atoms with Crippen molar-refractivity contribution in [1.82, 2.24) is 29.3 Å². The van der Waals surface area contributed by atoms with Crippen molar-refractivity contribution >= 4 is 5.91 Å². The fourth-order valence-corrected chi connectivity index (χ4v) is 4.62. The lowest BCUT2D eigenvalue weighted by Gasteiger charge is -2.20. The summed E-state index contributed by atoms with van der Waals surface area (Å²) in [5.41, 5.74) is 1.92. The molecule has 1 aliphatic rings. The van der Waals surface area contributed by atoms with Gasteiger partial charge in [0.05, 0.1) is 19.4 Å². The summed E-state index contributed by atoms with van der Waals surface area (Å²) >= 11 is 0. The largest absolute Gasteiger partial charge is 0.496 e. The van der Waals surface area contributed by atoms with Crippen LogP contribution in [-0.4, -0.2) is 50.1 Å². The SMILES string of the molecule is COc1cc(=O)n2c(c1C(=O)NC(C)c1ccco1)CCN(Cc1cccn1-c1ncccn1)CC2. The Morgan fingerprint density at radius 2 is 2.00 bits per heavy atom. The number of amides is 1. The zero-order chi connectivity index (χ0) is 25.1. The number of hydrogen-bond acceptors (Lipinski definition) is 7. The van der Waals surface area contributed by atoms with Crippen LogP contribution >= 0.6 is 0 Å². The van der Waals surface area contributed by atoms with Gasteiger partial charge in [0.15, 0.2) is 0 Å². The molecule has 1 atom stereocenters. The lowest BCUT2D eigenvalue weighted by molar-refractivity contribution is 0.0930. The standard InChI is InChI=1S/C26H28N6O4/c1-18(21-7-4-15-36-21)29-25(34)24-20-8-12-30(13-14-32(20)23(33)16-22(24)35-2)17-19-6-3-11-31(19)26-27-9-5-10-28-26/h3-7,9-11,15-16,18H,8,12-14,17H2,1-2H3,(H,29,34). The average molecular weight is 489 g/mol. The van der Waals surface area contributed by atoms with Gasteiger partial charge >= 0.3 is 0 Å². The van der Waals surface area contributed by atoms with Crippen LogP contribution in [0.15, 0.2) is 70.5 Å². The molecule has 0 saturated heterocycles. The van der Waals surface area contributed by atoms with E-state index in [0.717, 1.165) is 5.69 Å². The van der Waals surface area contributed by atoms with E-state index in [1.165, 1.54) is 13.2 Å². The maximum absolute atomic E-state index is 13.4. The van der Waals surface area contributed by atoms with E-state index in [1.807, 2.05) is 35.9 Å².